The number of ether oxygens (including phenoxy) is 1. The lowest BCUT2D eigenvalue weighted by Gasteiger charge is -2.24. The second kappa shape index (κ2) is 12.5. The van der Waals surface area contributed by atoms with Crippen molar-refractivity contribution in [2.75, 3.05) is 19.8 Å². The normalized spacial score (nSPS) is 16.5. The van der Waals surface area contributed by atoms with Gasteiger partial charge < -0.3 is 26.0 Å². The van der Waals surface area contributed by atoms with Gasteiger partial charge in [0.2, 0.25) is 11.8 Å². The van der Waals surface area contributed by atoms with Crippen LogP contribution in [0.3, 0.4) is 0 Å². The van der Waals surface area contributed by atoms with E-state index < -0.39 is 36.4 Å². The number of halogens is 1. The molecule has 9 nitrogen and oxygen atoms in total. The molecule has 5 N–H and O–H groups in total. The minimum absolute atomic E-state index is 0.0594. The van der Waals surface area contributed by atoms with Gasteiger partial charge in [-0.05, 0) is 55.3 Å². The van der Waals surface area contributed by atoms with E-state index in [-0.39, 0.29) is 31.9 Å². The van der Waals surface area contributed by atoms with Crippen LogP contribution in [0.25, 0.3) is 0 Å². The summed E-state index contributed by atoms with van der Waals surface area (Å²) in [5, 5.41) is 14.6. The van der Waals surface area contributed by atoms with Crippen molar-refractivity contribution >= 4 is 34.9 Å². The number of thiophene rings is 1. The van der Waals surface area contributed by atoms with E-state index >= 15 is 0 Å². The van der Waals surface area contributed by atoms with Gasteiger partial charge in [0, 0.05) is 33.8 Å². The fourth-order valence-corrected chi connectivity index (χ4v) is 5.17. The van der Waals surface area contributed by atoms with Crippen LogP contribution in [0.2, 0.25) is 0 Å². The first-order valence-electron chi connectivity index (χ1n) is 12.4. The van der Waals surface area contributed by atoms with Crippen molar-refractivity contribution in [1.82, 2.24) is 15.5 Å². The summed E-state index contributed by atoms with van der Waals surface area (Å²) < 4.78 is 19.3. The van der Waals surface area contributed by atoms with Gasteiger partial charge in [-0.3, -0.25) is 24.2 Å². The lowest BCUT2D eigenvalue weighted by Crippen LogP contribution is -2.48. The van der Waals surface area contributed by atoms with Gasteiger partial charge in [0.1, 0.15) is 23.4 Å². The van der Waals surface area contributed by atoms with Gasteiger partial charge in [-0.1, -0.05) is 18.2 Å². The van der Waals surface area contributed by atoms with Gasteiger partial charge in [0.15, 0.2) is 0 Å². The van der Waals surface area contributed by atoms with E-state index in [1.165, 1.54) is 16.2 Å². The molecule has 0 saturated carbocycles. The van der Waals surface area contributed by atoms with Gasteiger partial charge >= 0.3 is 0 Å². The average Bonchev–Trinajstić information content (AvgIpc) is 3.60. The van der Waals surface area contributed by atoms with Crippen molar-refractivity contribution in [3.63, 3.8) is 0 Å². The molecule has 0 spiro atoms. The van der Waals surface area contributed by atoms with Crippen LogP contribution in [0.4, 0.5) is 4.39 Å². The van der Waals surface area contributed by atoms with Crippen LogP contribution in [-0.2, 0) is 16.1 Å². The van der Waals surface area contributed by atoms with Gasteiger partial charge in [-0.25, -0.2) is 0 Å². The Hall–Kier alpha value is -4.25. The number of hydrogen-bond acceptors (Lipinski definition) is 6. The van der Waals surface area contributed by atoms with Gasteiger partial charge in [0.05, 0.1) is 19.8 Å². The number of likely N-dealkylation sites (tertiary alicyclic amines) is 1. The van der Waals surface area contributed by atoms with E-state index in [0.717, 1.165) is 10.4 Å². The molecule has 2 unspecified atom stereocenters. The second-order valence-electron chi connectivity index (χ2n) is 9.33. The monoisotopic (exact) mass is 551 g/mol. The molecule has 3 amide bonds. The van der Waals surface area contributed by atoms with Crippen molar-refractivity contribution in [2.24, 2.45) is 11.7 Å². The van der Waals surface area contributed by atoms with Crippen LogP contribution in [0.5, 0.6) is 11.5 Å². The number of carbonyl (C=O) groups is 3. The third kappa shape index (κ3) is 6.99. The Morgan fingerprint density at radius 3 is 2.56 bits per heavy atom. The molecule has 0 radical (unpaired) electrons. The number of hydrogen-bond donors (Lipinski definition) is 4. The Morgan fingerprint density at radius 2 is 1.90 bits per heavy atom. The quantitative estimate of drug-likeness (QED) is 0.226. The maximum atomic E-state index is 13.5. The molecular formula is C28H30FN5O4S. The molecule has 1 saturated heterocycles. The highest BCUT2D eigenvalue weighted by molar-refractivity contribution is 7.10. The lowest BCUT2D eigenvalue weighted by molar-refractivity contribution is -0.137. The molecule has 39 heavy (non-hydrogen) atoms. The van der Waals surface area contributed by atoms with Crippen LogP contribution < -0.4 is 21.1 Å². The highest BCUT2D eigenvalue weighted by Crippen LogP contribution is 2.26. The predicted molar refractivity (Wildman–Crippen MR) is 147 cm³/mol. The number of nitrogens with two attached hydrogens (primary N) is 1. The third-order valence-corrected chi connectivity index (χ3v) is 7.38. The summed E-state index contributed by atoms with van der Waals surface area (Å²) in [6.07, 6.45) is 0.202. The molecule has 2 aromatic carbocycles. The molecule has 2 atom stereocenters. The highest BCUT2D eigenvalue weighted by Gasteiger charge is 2.39. The zero-order valence-corrected chi connectivity index (χ0v) is 22.2. The average molecular weight is 552 g/mol. The molecule has 1 aliphatic rings. The fourth-order valence-electron chi connectivity index (χ4n) is 4.35. The minimum atomic E-state index is -0.834. The van der Waals surface area contributed by atoms with Gasteiger partial charge in [0.25, 0.3) is 5.91 Å². The summed E-state index contributed by atoms with van der Waals surface area (Å²) in [6.45, 7) is 1.15. The van der Waals surface area contributed by atoms with Crippen molar-refractivity contribution in [3.8, 4) is 11.5 Å². The number of nitrogen functional groups attached to an aromatic ring is 1. The first kappa shape index (κ1) is 27.8. The number of alkyl halides is 1. The number of aryl methyl sites for hydroxylation is 1. The zero-order valence-electron chi connectivity index (χ0n) is 21.4. The molecule has 0 aliphatic carbocycles. The Balaban J connectivity index is 1.33. The van der Waals surface area contributed by atoms with Crippen molar-refractivity contribution in [1.29, 1.82) is 5.41 Å². The number of nitrogens with one attached hydrogen (secondary N) is 3. The molecule has 1 aliphatic heterocycles. The first-order valence-corrected chi connectivity index (χ1v) is 13.3. The number of para-hydroxylation sites is 1. The minimum Gasteiger partial charge on any atom is -0.457 e. The van der Waals surface area contributed by atoms with Gasteiger partial charge in [-0.15, -0.1) is 11.3 Å². The number of nitrogens with zero attached hydrogens (tertiary/aromatic N) is 1. The van der Waals surface area contributed by atoms with Crippen LogP contribution >= 0.6 is 11.3 Å². The molecule has 3 aromatic rings. The molecule has 4 rings (SSSR count). The number of carbonyl (C=O) groups excluding carboxylic acids is 3. The van der Waals surface area contributed by atoms with E-state index in [2.05, 4.69) is 10.6 Å². The molecular weight excluding hydrogens is 521 g/mol. The molecule has 1 fully saturated rings. The van der Waals surface area contributed by atoms with E-state index in [1.54, 1.807) is 29.6 Å². The van der Waals surface area contributed by atoms with Crippen molar-refractivity contribution < 1.29 is 23.5 Å². The summed E-state index contributed by atoms with van der Waals surface area (Å²) in [6, 6.07) is 15.1. The Labute approximate surface area is 229 Å². The van der Waals surface area contributed by atoms with Crippen molar-refractivity contribution in [2.45, 2.75) is 25.9 Å². The van der Waals surface area contributed by atoms with Crippen molar-refractivity contribution in [3.05, 3.63) is 81.5 Å². The fraction of sp³-hybridized carbons (Fsp3) is 0.286. The molecule has 11 heteroatoms. The summed E-state index contributed by atoms with van der Waals surface area (Å²) in [5.74, 6) is -0.531. The first-order chi connectivity index (χ1) is 18.7. The summed E-state index contributed by atoms with van der Waals surface area (Å²) in [5.41, 5.74) is 7.17. The Bertz CT molecular complexity index is 1360. The highest BCUT2D eigenvalue weighted by atomic mass is 32.1. The summed E-state index contributed by atoms with van der Waals surface area (Å²) >= 11 is 1.35. The summed E-state index contributed by atoms with van der Waals surface area (Å²) in [4.78, 5) is 40.8. The smallest absolute Gasteiger partial charge is 0.251 e. The van der Waals surface area contributed by atoms with Gasteiger partial charge in [-0.2, -0.15) is 0 Å². The van der Waals surface area contributed by atoms with Crippen LogP contribution in [0.1, 0.15) is 32.8 Å². The third-order valence-electron chi connectivity index (χ3n) is 6.44. The Morgan fingerprint density at radius 1 is 1.13 bits per heavy atom. The van der Waals surface area contributed by atoms with E-state index in [9.17, 15) is 18.8 Å². The number of amidine groups is 1. The van der Waals surface area contributed by atoms with E-state index in [1.807, 2.05) is 37.3 Å². The number of amides is 3. The largest absolute Gasteiger partial charge is 0.457 e. The SMILES string of the molecule is Cc1cc(C(=O)NCC(=O)N2CC(CF)CC2C(=O)NCc2cc(C(=N)N)cs2)ccc1Oc1ccccc1. The predicted octanol–water partition coefficient (Wildman–Crippen LogP) is 3.37. The molecule has 1 aromatic heterocycles. The maximum Gasteiger partial charge on any atom is 0.251 e. The standard InChI is InChI=1S/C28H30FN5O4S/c1-17-9-19(7-8-24(17)38-21-5-3-2-4-6-21)27(36)33-14-25(35)34-15-18(12-29)10-23(34)28(37)32-13-22-11-20(16-39-22)26(30)31/h2-9,11,16,18,23H,10,12-15H2,1H3,(H3,30,31)(H,32,37)(H,33,36). The number of rotatable bonds is 10. The Kier molecular flexibility index (Phi) is 8.92. The molecule has 204 valence electrons. The zero-order chi connectivity index (χ0) is 27.9. The second-order valence-corrected chi connectivity index (χ2v) is 10.3. The lowest BCUT2D eigenvalue weighted by atomic mass is 10.1. The molecule has 0 bridgehead atoms. The van der Waals surface area contributed by atoms with E-state index in [0.29, 0.717) is 22.6 Å². The maximum absolute atomic E-state index is 13.5. The van der Waals surface area contributed by atoms with Crippen LogP contribution in [0, 0.1) is 18.3 Å². The van der Waals surface area contributed by atoms with Crippen LogP contribution in [0.15, 0.2) is 60.0 Å². The molecule has 2 heterocycles. The van der Waals surface area contributed by atoms with Crippen LogP contribution in [-0.4, -0.2) is 54.3 Å². The topological polar surface area (TPSA) is 138 Å². The summed E-state index contributed by atoms with van der Waals surface area (Å²) in [7, 11) is 0. The number of benzene rings is 2. The van der Waals surface area contributed by atoms with E-state index in [4.69, 9.17) is 15.9 Å².